The number of sulfone groups is 1. The predicted molar refractivity (Wildman–Crippen MR) is 50.0 cm³/mol. The summed E-state index contributed by atoms with van der Waals surface area (Å²) in [4.78, 5) is 0. The van der Waals surface area contributed by atoms with Gasteiger partial charge in [-0.15, -0.1) is 0 Å². The molecule has 0 aliphatic carbocycles. The number of hydrogen-bond donors (Lipinski definition) is 2. The van der Waals surface area contributed by atoms with E-state index in [9.17, 15) is 8.42 Å². The van der Waals surface area contributed by atoms with Crippen molar-refractivity contribution in [3.8, 4) is 0 Å². The van der Waals surface area contributed by atoms with E-state index in [2.05, 4.69) is 0 Å². The van der Waals surface area contributed by atoms with Gasteiger partial charge in [0, 0.05) is 0 Å². The van der Waals surface area contributed by atoms with E-state index in [1.807, 2.05) is 0 Å². The first-order valence-corrected chi connectivity index (χ1v) is 5.26. The Morgan fingerprint density at radius 1 is 1.42 bits per heavy atom. The Labute approximate surface area is 73.6 Å². The molecule has 0 rings (SSSR count). The van der Waals surface area contributed by atoms with Gasteiger partial charge in [-0.05, 0) is 27.7 Å². The van der Waals surface area contributed by atoms with E-state index in [-0.39, 0.29) is 5.84 Å². The SMILES string of the molecule is CC(C)S(=O)(=O)C(C)(C)C(=N)N. The Kier molecular flexibility index (Phi) is 2.90. The standard InChI is InChI=1S/C7H16N2O2S/c1-5(2)12(10,11)7(3,4)6(8)9/h5H,1-4H3,(H3,8,9). The molecule has 4 nitrogen and oxygen atoms in total. The van der Waals surface area contributed by atoms with E-state index in [4.69, 9.17) is 11.1 Å². The fraction of sp³-hybridized carbons (Fsp3) is 0.857. The van der Waals surface area contributed by atoms with Crippen molar-refractivity contribution >= 4 is 15.7 Å². The zero-order valence-corrected chi connectivity index (χ0v) is 8.70. The Balaban J connectivity index is 5.19. The highest BCUT2D eigenvalue weighted by Crippen LogP contribution is 2.20. The van der Waals surface area contributed by atoms with Gasteiger partial charge in [0.25, 0.3) is 0 Å². The van der Waals surface area contributed by atoms with Crippen molar-refractivity contribution in [1.29, 1.82) is 5.41 Å². The van der Waals surface area contributed by atoms with Crippen molar-refractivity contribution in [3.05, 3.63) is 0 Å². The number of nitrogens with one attached hydrogen (secondary N) is 1. The lowest BCUT2D eigenvalue weighted by atomic mass is 10.2. The average Bonchev–Trinajstić information content (AvgIpc) is 1.86. The van der Waals surface area contributed by atoms with Gasteiger partial charge in [-0.3, -0.25) is 5.41 Å². The largest absolute Gasteiger partial charge is 0.386 e. The molecular weight excluding hydrogens is 176 g/mol. The third-order valence-electron chi connectivity index (χ3n) is 1.98. The summed E-state index contributed by atoms with van der Waals surface area (Å²) < 4.78 is 21.9. The highest BCUT2D eigenvalue weighted by atomic mass is 32.2. The van der Waals surface area contributed by atoms with Crippen LogP contribution in [0.2, 0.25) is 0 Å². The van der Waals surface area contributed by atoms with Crippen LogP contribution in [-0.2, 0) is 9.84 Å². The Morgan fingerprint density at radius 3 is 1.83 bits per heavy atom. The summed E-state index contributed by atoms with van der Waals surface area (Å²) in [6.07, 6.45) is 0. The normalized spacial score (nSPS) is 13.4. The Hall–Kier alpha value is -0.580. The molecule has 0 saturated heterocycles. The zero-order valence-electron chi connectivity index (χ0n) is 7.88. The fourth-order valence-corrected chi connectivity index (χ4v) is 2.23. The predicted octanol–water partition coefficient (Wildman–Crippen LogP) is 0.524. The van der Waals surface area contributed by atoms with Gasteiger partial charge in [-0.25, -0.2) is 8.42 Å². The van der Waals surface area contributed by atoms with Gasteiger partial charge in [-0.1, -0.05) is 0 Å². The summed E-state index contributed by atoms with van der Waals surface area (Å²) in [7, 11) is -3.33. The maximum absolute atomic E-state index is 11.6. The van der Waals surface area contributed by atoms with E-state index >= 15 is 0 Å². The third kappa shape index (κ3) is 1.60. The molecule has 0 fully saturated rings. The van der Waals surface area contributed by atoms with Gasteiger partial charge < -0.3 is 5.73 Å². The molecule has 0 unspecified atom stereocenters. The van der Waals surface area contributed by atoms with Crippen LogP contribution in [0.25, 0.3) is 0 Å². The van der Waals surface area contributed by atoms with Gasteiger partial charge in [0.1, 0.15) is 10.6 Å². The van der Waals surface area contributed by atoms with Crippen LogP contribution in [0.4, 0.5) is 0 Å². The van der Waals surface area contributed by atoms with E-state index in [0.717, 1.165) is 0 Å². The quantitative estimate of drug-likeness (QED) is 0.505. The van der Waals surface area contributed by atoms with Crippen LogP contribution in [0.1, 0.15) is 27.7 Å². The summed E-state index contributed by atoms with van der Waals surface area (Å²) in [6, 6.07) is 0. The maximum Gasteiger partial charge on any atom is 0.164 e. The molecule has 0 aromatic rings. The highest BCUT2D eigenvalue weighted by molar-refractivity contribution is 7.94. The molecular formula is C7H16N2O2S. The monoisotopic (exact) mass is 192 g/mol. The van der Waals surface area contributed by atoms with Gasteiger partial charge in [0.05, 0.1) is 5.25 Å². The van der Waals surface area contributed by atoms with Crippen LogP contribution in [0.3, 0.4) is 0 Å². The van der Waals surface area contributed by atoms with Crippen molar-refractivity contribution in [1.82, 2.24) is 0 Å². The maximum atomic E-state index is 11.6. The van der Waals surface area contributed by atoms with Crippen LogP contribution >= 0.6 is 0 Å². The Morgan fingerprint density at radius 2 is 1.75 bits per heavy atom. The molecule has 0 aromatic heterocycles. The molecule has 72 valence electrons. The van der Waals surface area contributed by atoms with Crippen molar-refractivity contribution in [2.24, 2.45) is 5.73 Å². The van der Waals surface area contributed by atoms with E-state index < -0.39 is 19.8 Å². The second kappa shape index (κ2) is 3.05. The van der Waals surface area contributed by atoms with Gasteiger partial charge in [0.15, 0.2) is 9.84 Å². The molecule has 0 amide bonds. The first-order valence-electron chi connectivity index (χ1n) is 3.72. The summed E-state index contributed by atoms with van der Waals surface area (Å²) in [6.45, 7) is 6.06. The molecule has 0 atom stereocenters. The summed E-state index contributed by atoms with van der Waals surface area (Å²) in [5, 5.41) is 6.64. The van der Waals surface area contributed by atoms with Crippen LogP contribution in [0.15, 0.2) is 0 Å². The smallest absolute Gasteiger partial charge is 0.164 e. The highest BCUT2D eigenvalue weighted by Gasteiger charge is 2.39. The van der Waals surface area contributed by atoms with E-state index in [0.29, 0.717) is 0 Å². The first-order chi connectivity index (χ1) is 5.14. The molecule has 0 aliphatic rings. The lowest BCUT2D eigenvalue weighted by molar-refractivity contribution is 0.567. The summed E-state index contributed by atoms with van der Waals surface area (Å²) in [5.74, 6) is -0.309. The number of rotatable bonds is 3. The molecule has 0 saturated carbocycles. The number of nitrogens with two attached hydrogens (primary N) is 1. The van der Waals surface area contributed by atoms with Crippen molar-refractivity contribution in [2.75, 3.05) is 0 Å². The van der Waals surface area contributed by atoms with Crippen molar-refractivity contribution in [2.45, 2.75) is 37.7 Å². The van der Waals surface area contributed by atoms with Crippen molar-refractivity contribution in [3.63, 3.8) is 0 Å². The summed E-state index contributed by atoms with van der Waals surface area (Å²) >= 11 is 0. The number of hydrogen-bond acceptors (Lipinski definition) is 3. The van der Waals surface area contributed by atoms with Gasteiger partial charge in [-0.2, -0.15) is 0 Å². The molecule has 0 heterocycles. The fourth-order valence-electron chi connectivity index (χ4n) is 0.743. The topological polar surface area (TPSA) is 84.0 Å². The number of amidine groups is 1. The average molecular weight is 192 g/mol. The first kappa shape index (κ1) is 11.4. The molecule has 0 aliphatic heterocycles. The van der Waals surface area contributed by atoms with E-state index in [1.165, 1.54) is 13.8 Å². The van der Waals surface area contributed by atoms with Gasteiger partial charge in [0.2, 0.25) is 0 Å². The molecule has 0 bridgehead atoms. The molecule has 0 aromatic carbocycles. The van der Waals surface area contributed by atoms with Crippen LogP contribution in [-0.4, -0.2) is 24.3 Å². The minimum Gasteiger partial charge on any atom is -0.386 e. The van der Waals surface area contributed by atoms with Crippen LogP contribution in [0, 0.1) is 5.41 Å². The summed E-state index contributed by atoms with van der Waals surface area (Å²) in [5.41, 5.74) is 5.20. The molecule has 0 spiro atoms. The molecule has 12 heavy (non-hydrogen) atoms. The van der Waals surface area contributed by atoms with E-state index in [1.54, 1.807) is 13.8 Å². The second-order valence-electron chi connectivity index (χ2n) is 3.52. The molecule has 3 N–H and O–H groups in total. The third-order valence-corrected chi connectivity index (χ3v) is 4.86. The zero-order chi connectivity index (χ0) is 10.2. The second-order valence-corrected chi connectivity index (χ2v) is 6.57. The minimum absolute atomic E-state index is 0.309. The minimum atomic E-state index is -3.33. The van der Waals surface area contributed by atoms with Crippen LogP contribution < -0.4 is 5.73 Å². The molecule has 5 heteroatoms. The Bertz CT molecular complexity index is 278. The lowest BCUT2D eigenvalue weighted by Gasteiger charge is -2.25. The van der Waals surface area contributed by atoms with Gasteiger partial charge >= 0.3 is 0 Å². The molecule has 0 radical (unpaired) electrons. The van der Waals surface area contributed by atoms with Crippen LogP contribution in [0.5, 0.6) is 0 Å². The lowest BCUT2D eigenvalue weighted by Crippen LogP contribution is -2.47. The van der Waals surface area contributed by atoms with Crippen molar-refractivity contribution < 1.29 is 8.42 Å².